The summed E-state index contributed by atoms with van der Waals surface area (Å²) < 4.78 is 18.4. The van der Waals surface area contributed by atoms with Gasteiger partial charge in [0.05, 0.1) is 0 Å². The molecular formula is C10H20O4Sn. The molecule has 0 N–H and O–H groups in total. The number of hydrogen-bond donors (Lipinski definition) is 0. The molecule has 0 rings (SSSR count). The number of carbonyl (C=O) groups is 2. The third-order valence-corrected chi connectivity index (χ3v) is 11.5. The molecule has 0 aromatic rings. The normalized spacial score (nSPS) is 11.7. The van der Waals surface area contributed by atoms with Gasteiger partial charge in [0.25, 0.3) is 0 Å². The first-order chi connectivity index (χ1) is 7.60. The van der Waals surface area contributed by atoms with Crippen molar-refractivity contribution in [1.29, 1.82) is 0 Å². The maximum atomic E-state index is 10.8. The Morgan fingerprint density at radius 3 is 2.00 bits per heavy atom. The zero-order valence-electron chi connectivity index (χ0n) is 10.5. The van der Waals surface area contributed by atoms with E-state index in [4.69, 9.17) is 7.52 Å². The van der Waals surface area contributed by atoms with Crippen LogP contribution in [-0.4, -0.2) is 32.1 Å². The van der Waals surface area contributed by atoms with E-state index in [1.165, 1.54) is 0 Å². The van der Waals surface area contributed by atoms with E-state index in [-0.39, 0.29) is 0 Å². The van der Waals surface area contributed by atoms with Crippen LogP contribution in [0, 0.1) is 0 Å². The third kappa shape index (κ3) is 6.02. The molecule has 0 fully saturated rings. The summed E-state index contributed by atoms with van der Waals surface area (Å²) in [7, 11) is 0. The standard InChI is InChI=1S/2C4H9.2CH2O2.Sn/c2*1-3-4-2;2*2-1-3;/h2*1,3-4H2,2H3;2*1H,(H,2,3);/q;;;;+2/p-2/i;;1T;;. The Morgan fingerprint density at radius 1 is 1.13 bits per heavy atom. The summed E-state index contributed by atoms with van der Waals surface area (Å²) in [5, 5.41) is 0. The van der Waals surface area contributed by atoms with Crippen LogP contribution in [0.3, 0.4) is 0 Å². The third-order valence-electron chi connectivity index (χ3n) is 2.31. The molecule has 0 bridgehead atoms. The van der Waals surface area contributed by atoms with Crippen molar-refractivity contribution in [2.75, 3.05) is 0 Å². The van der Waals surface area contributed by atoms with Crippen LogP contribution in [0.15, 0.2) is 0 Å². The first-order valence-corrected chi connectivity index (χ1v) is 11.8. The van der Waals surface area contributed by atoms with Crippen LogP contribution in [0.1, 0.15) is 40.9 Å². The molecule has 88 valence electrons. The van der Waals surface area contributed by atoms with Gasteiger partial charge in [-0.15, -0.1) is 0 Å². The molecule has 0 aromatic carbocycles. The van der Waals surface area contributed by atoms with E-state index >= 15 is 0 Å². The summed E-state index contributed by atoms with van der Waals surface area (Å²) in [5.41, 5.74) is 0. The van der Waals surface area contributed by atoms with Crippen LogP contribution in [0.4, 0.5) is 0 Å². The molecule has 0 aliphatic heterocycles. The van der Waals surface area contributed by atoms with Gasteiger partial charge in [-0.3, -0.25) is 0 Å². The number of hydrogen-bond acceptors (Lipinski definition) is 4. The van der Waals surface area contributed by atoms with E-state index in [1.54, 1.807) is 0 Å². The molecule has 5 heteroatoms. The van der Waals surface area contributed by atoms with Gasteiger partial charge in [-0.1, -0.05) is 0 Å². The van der Waals surface area contributed by atoms with E-state index in [2.05, 4.69) is 0 Å². The summed E-state index contributed by atoms with van der Waals surface area (Å²) in [6, 6.07) is 0. The molecule has 0 saturated heterocycles. The first-order valence-electron chi connectivity index (χ1n) is 5.91. The van der Waals surface area contributed by atoms with Crippen molar-refractivity contribution < 1.29 is 17.1 Å². The molecule has 15 heavy (non-hydrogen) atoms. The van der Waals surface area contributed by atoms with Crippen molar-refractivity contribution >= 4 is 32.1 Å². The zero-order chi connectivity index (χ0) is 12.4. The SMILES string of the molecule is [3H]C(=O)[O][Sn]([CH2]CCC)([CH2]CCC)[O]C=O. The van der Waals surface area contributed by atoms with Crippen molar-refractivity contribution in [1.82, 2.24) is 0 Å². The fourth-order valence-electron chi connectivity index (χ4n) is 1.42. The second-order valence-corrected chi connectivity index (χ2v) is 12.8. The van der Waals surface area contributed by atoms with Crippen molar-refractivity contribution in [2.45, 2.75) is 48.4 Å². The van der Waals surface area contributed by atoms with Gasteiger partial charge in [-0.2, -0.15) is 0 Å². The molecule has 0 saturated carbocycles. The fraction of sp³-hybridized carbons (Fsp3) is 0.800. The molecule has 0 aromatic heterocycles. The molecule has 0 aliphatic carbocycles. The van der Waals surface area contributed by atoms with Crippen LogP contribution in [0.5, 0.6) is 0 Å². The second-order valence-electron chi connectivity index (χ2n) is 3.52. The molecule has 0 spiro atoms. The molecule has 4 nitrogen and oxygen atoms in total. The average molecular weight is 325 g/mol. The topological polar surface area (TPSA) is 52.6 Å². The predicted octanol–water partition coefficient (Wildman–Crippen LogP) is 2.37. The fourth-order valence-corrected chi connectivity index (χ4v) is 9.56. The van der Waals surface area contributed by atoms with Crippen LogP contribution >= 0.6 is 0 Å². The Labute approximate surface area is 97.7 Å². The van der Waals surface area contributed by atoms with Gasteiger partial charge in [0.15, 0.2) is 0 Å². The molecule has 0 unspecified atom stereocenters. The van der Waals surface area contributed by atoms with Gasteiger partial charge < -0.3 is 0 Å². The van der Waals surface area contributed by atoms with Crippen molar-refractivity contribution in [3.63, 3.8) is 0 Å². The van der Waals surface area contributed by atoms with Crippen molar-refractivity contribution in [3.8, 4) is 0 Å². The van der Waals surface area contributed by atoms with E-state index in [0.29, 0.717) is 15.3 Å². The number of carbonyl (C=O) groups excluding carboxylic acids is 2. The second kappa shape index (κ2) is 9.00. The van der Waals surface area contributed by atoms with E-state index in [9.17, 15) is 9.59 Å². The Bertz CT molecular complexity index is 215. The first kappa shape index (κ1) is 12.8. The van der Waals surface area contributed by atoms with E-state index in [0.717, 1.165) is 25.7 Å². The number of rotatable bonds is 9. The minimum absolute atomic E-state index is 0.379. The van der Waals surface area contributed by atoms with Crippen LogP contribution in [0.2, 0.25) is 8.87 Å². The Morgan fingerprint density at radius 2 is 1.67 bits per heavy atom. The van der Waals surface area contributed by atoms with Gasteiger partial charge in [0.1, 0.15) is 0 Å². The molecule has 0 atom stereocenters. The molecule has 0 aliphatic rings. The van der Waals surface area contributed by atoms with Crippen LogP contribution in [0.25, 0.3) is 0 Å². The van der Waals surface area contributed by atoms with Crippen molar-refractivity contribution in [3.05, 3.63) is 0 Å². The molecule has 0 heterocycles. The van der Waals surface area contributed by atoms with E-state index < -0.39 is 25.7 Å². The van der Waals surface area contributed by atoms with Gasteiger partial charge in [-0.25, -0.2) is 0 Å². The molecule has 0 amide bonds. The zero-order valence-corrected chi connectivity index (χ0v) is 12.3. The Balaban J connectivity index is 4.57. The summed E-state index contributed by atoms with van der Waals surface area (Å²) in [5.74, 6) is 0. The van der Waals surface area contributed by atoms with Gasteiger partial charge in [-0.05, 0) is 0 Å². The van der Waals surface area contributed by atoms with Gasteiger partial charge >= 0.3 is 97.6 Å². The van der Waals surface area contributed by atoms with E-state index in [1.807, 2.05) is 13.8 Å². The summed E-state index contributed by atoms with van der Waals surface area (Å²) in [6.45, 7) is 4.43. The van der Waals surface area contributed by atoms with Crippen LogP contribution < -0.4 is 0 Å². The van der Waals surface area contributed by atoms with Crippen LogP contribution in [-0.2, 0) is 15.7 Å². The summed E-state index contributed by atoms with van der Waals surface area (Å²) >= 11 is -3.61. The average Bonchev–Trinajstić information content (AvgIpc) is 2.23. The minimum atomic E-state index is -3.61. The maximum absolute atomic E-state index is 10.8. The predicted molar refractivity (Wildman–Crippen MR) is 59.5 cm³/mol. The Hall–Kier alpha value is -0.261. The molecular weight excluding hydrogens is 303 g/mol. The molecule has 0 radical (unpaired) electrons. The quantitative estimate of drug-likeness (QED) is 0.482. The summed E-state index contributed by atoms with van der Waals surface area (Å²) in [4.78, 5) is 21.3. The van der Waals surface area contributed by atoms with Gasteiger partial charge in [0, 0.05) is 0 Å². The monoisotopic (exact) mass is 326 g/mol. The number of unbranched alkanes of at least 4 members (excludes halogenated alkanes) is 2. The van der Waals surface area contributed by atoms with Crippen molar-refractivity contribution in [2.24, 2.45) is 0 Å². The van der Waals surface area contributed by atoms with Gasteiger partial charge in [0.2, 0.25) is 0 Å². The Kier molecular flexibility index (Phi) is 7.68. The summed E-state index contributed by atoms with van der Waals surface area (Å²) in [6.07, 6.45) is 2.61.